The van der Waals surface area contributed by atoms with Crippen molar-refractivity contribution in [1.29, 1.82) is 0 Å². The minimum Gasteiger partial charge on any atom is -0.322 e. The van der Waals surface area contributed by atoms with Crippen molar-refractivity contribution in [3.63, 3.8) is 0 Å². The molecule has 1 N–H and O–H groups in total. The fourth-order valence-electron chi connectivity index (χ4n) is 3.62. The van der Waals surface area contributed by atoms with Crippen LogP contribution in [0.5, 0.6) is 0 Å². The molecule has 0 radical (unpaired) electrons. The summed E-state index contributed by atoms with van der Waals surface area (Å²) in [5.74, 6) is -0.588. The number of carbonyl (C=O) groups is 1. The molecule has 35 heavy (non-hydrogen) atoms. The Morgan fingerprint density at radius 2 is 2.00 bits per heavy atom. The third-order valence-corrected chi connectivity index (χ3v) is 5.68. The normalized spacial score (nSPS) is 15.1. The highest BCUT2D eigenvalue weighted by molar-refractivity contribution is 6.22. The Kier molecular flexibility index (Phi) is 8.46. The number of halogens is 4. The predicted molar refractivity (Wildman–Crippen MR) is 134 cm³/mol. The molecule has 0 bridgehead atoms. The molecule has 3 rings (SSSR count). The van der Waals surface area contributed by atoms with E-state index in [0.717, 1.165) is 41.0 Å². The van der Waals surface area contributed by atoms with E-state index < -0.39 is 17.8 Å². The van der Waals surface area contributed by atoms with Gasteiger partial charge in [-0.3, -0.25) is 9.79 Å². The van der Waals surface area contributed by atoms with Crippen LogP contribution in [-0.4, -0.2) is 22.0 Å². The van der Waals surface area contributed by atoms with Gasteiger partial charge < -0.3 is 5.32 Å². The van der Waals surface area contributed by atoms with E-state index in [1.807, 2.05) is 31.2 Å². The number of carbonyl (C=O) groups excluding carboxylic acids is 1. The van der Waals surface area contributed by atoms with E-state index in [-0.39, 0.29) is 16.6 Å². The zero-order valence-electron chi connectivity index (χ0n) is 19.4. The van der Waals surface area contributed by atoms with Crippen LogP contribution >= 0.6 is 11.6 Å². The maximum absolute atomic E-state index is 12.9. The molecule has 182 valence electrons. The summed E-state index contributed by atoms with van der Waals surface area (Å²) in [5, 5.41) is 2.35. The van der Waals surface area contributed by atoms with Crippen LogP contribution < -0.4 is 5.32 Å². The molecule has 0 aliphatic carbocycles. The summed E-state index contributed by atoms with van der Waals surface area (Å²) < 4.78 is 38.8. The molecule has 2 heterocycles. The number of fused-ring (bicyclic) bond motifs is 1. The van der Waals surface area contributed by atoms with Crippen molar-refractivity contribution >= 4 is 23.2 Å². The lowest BCUT2D eigenvalue weighted by molar-refractivity contribution is -0.141. The largest absolute Gasteiger partial charge is 0.433 e. The van der Waals surface area contributed by atoms with Gasteiger partial charge in [-0.05, 0) is 61.3 Å². The van der Waals surface area contributed by atoms with Crippen molar-refractivity contribution in [2.45, 2.75) is 38.2 Å². The first kappa shape index (κ1) is 26.2. The predicted octanol–water partition coefficient (Wildman–Crippen LogP) is 6.71. The molecule has 2 aromatic rings. The summed E-state index contributed by atoms with van der Waals surface area (Å²) in [6.45, 7) is 6.87. The lowest BCUT2D eigenvalue weighted by Crippen LogP contribution is -2.24. The van der Waals surface area contributed by atoms with Crippen molar-refractivity contribution in [3.05, 3.63) is 113 Å². The average Bonchev–Trinajstić information content (AvgIpc) is 3.00. The number of hydrogen-bond acceptors (Lipinski definition) is 3. The van der Waals surface area contributed by atoms with Gasteiger partial charge in [0.05, 0.1) is 22.3 Å². The molecule has 1 amide bonds. The van der Waals surface area contributed by atoms with Gasteiger partial charge in [-0.25, -0.2) is 4.98 Å². The molecule has 1 aliphatic rings. The molecule has 1 aromatic carbocycles. The summed E-state index contributed by atoms with van der Waals surface area (Å²) in [4.78, 5) is 21.0. The first-order valence-corrected chi connectivity index (χ1v) is 11.4. The van der Waals surface area contributed by atoms with Crippen LogP contribution in [0, 0.1) is 6.92 Å². The molecule has 0 saturated heterocycles. The van der Waals surface area contributed by atoms with Crippen molar-refractivity contribution in [2.75, 3.05) is 0 Å². The Hall–Kier alpha value is -3.45. The fraction of sp³-hybridized carbons (Fsp3) is 0.222. The topological polar surface area (TPSA) is 54.4 Å². The summed E-state index contributed by atoms with van der Waals surface area (Å²) in [5.41, 5.74) is 3.18. The van der Waals surface area contributed by atoms with Crippen LogP contribution in [-0.2, 0) is 12.6 Å². The number of aromatic nitrogens is 1. The highest BCUT2D eigenvalue weighted by Crippen LogP contribution is 2.28. The molecular formula is C27H25ClF3N3O. The van der Waals surface area contributed by atoms with Gasteiger partial charge in [0.2, 0.25) is 0 Å². The highest BCUT2D eigenvalue weighted by Gasteiger charge is 2.33. The fourth-order valence-corrected chi connectivity index (χ4v) is 3.76. The summed E-state index contributed by atoms with van der Waals surface area (Å²) >= 11 is 6.49. The number of nitrogens with zero attached hydrogens (tertiary/aromatic N) is 2. The number of benzene rings is 1. The molecular weight excluding hydrogens is 475 g/mol. The number of rotatable bonds is 7. The van der Waals surface area contributed by atoms with Crippen molar-refractivity contribution in [3.8, 4) is 0 Å². The van der Waals surface area contributed by atoms with Crippen LogP contribution in [0.2, 0.25) is 0 Å². The Balaban J connectivity index is 1.88. The van der Waals surface area contributed by atoms with Crippen molar-refractivity contribution in [1.82, 2.24) is 10.3 Å². The van der Waals surface area contributed by atoms with Crippen molar-refractivity contribution in [2.24, 2.45) is 4.99 Å². The molecule has 1 aliphatic heterocycles. The molecule has 0 fully saturated rings. The van der Waals surface area contributed by atoms with E-state index in [2.05, 4.69) is 27.9 Å². The first-order valence-electron chi connectivity index (χ1n) is 10.9. The molecule has 1 atom stereocenters. The van der Waals surface area contributed by atoms with E-state index in [9.17, 15) is 18.0 Å². The Morgan fingerprint density at radius 1 is 1.26 bits per heavy atom. The summed E-state index contributed by atoms with van der Waals surface area (Å²) in [6.07, 6.45) is 5.22. The van der Waals surface area contributed by atoms with Gasteiger partial charge in [0.1, 0.15) is 5.69 Å². The lowest BCUT2D eigenvalue weighted by Gasteiger charge is -2.16. The number of nitrogens with one attached hydrogen (secondary N) is 1. The van der Waals surface area contributed by atoms with Gasteiger partial charge in [-0.2, -0.15) is 13.2 Å². The maximum atomic E-state index is 12.9. The Morgan fingerprint density at radius 3 is 2.66 bits per heavy atom. The quantitative estimate of drug-likeness (QED) is 0.340. The number of aliphatic imine (C=N–C) groups is 1. The van der Waals surface area contributed by atoms with Crippen molar-refractivity contribution < 1.29 is 18.0 Å². The summed E-state index contributed by atoms with van der Waals surface area (Å²) in [7, 11) is 0. The SMILES string of the molecule is C=C/C=C(\C=C(\CC1=NC=CCc2ccccc21)C(C)Cl)NC(=O)c1ccc(C(F)(F)F)nc1C. The molecule has 4 nitrogen and oxygen atoms in total. The van der Waals surface area contributed by atoms with Gasteiger partial charge in [0.15, 0.2) is 0 Å². The van der Waals surface area contributed by atoms with E-state index in [0.29, 0.717) is 12.1 Å². The Labute approximate surface area is 207 Å². The highest BCUT2D eigenvalue weighted by atomic mass is 35.5. The monoisotopic (exact) mass is 499 g/mol. The molecule has 0 saturated carbocycles. The zero-order chi connectivity index (χ0) is 25.6. The second-order valence-electron chi connectivity index (χ2n) is 7.97. The number of pyridine rings is 1. The van der Waals surface area contributed by atoms with E-state index >= 15 is 0 Å². The van der Waals surface area contributed by atoms with Crippen LogP contribution in [0.1, 0.15) is 46.2 Å². The minimum atomic E-state index is -4.59. The van der Waals surface area contributed by atoms with Gasteiger partial charge in [0, 0.05) is 18.3 Å². The van der Waals surface area contributed by atoms with E-state index in [4.69, 9.17) is 11.6 Å². The molecule has 1 unspecified atom stereocenters. The minimum absolute atomic E-state index is 0.0265. The van der Waals surface area contributed by atoms with Gasteiger partial charge in [0.25, 0.3) is 5.91 Å². The standard InChI is InChI=1S/C27H25ClF3N3O/c1-4-8-21(34-26(35)22-12-13-25(27(29,30)31)33-18(22)3)15-20(17(2)28)16-24-23-11-6-5-9-19(23)10-7-14-32-24/h4-9,11-15,17H,1,10,16H2,2-3H3,(H,34,35)/b20-15-,21-8+. The molecule has 8 heteroatoms. The van der Waals surface area contributed by atoms with E-state index in [1.165, 1.54) is 13.0 Å². The Bertz CT molecular complexity index is 1240. The van der Waals surface area contributed by atoms with Gasteiger partial charge in [-0.1, -0.05) is 43.0 Å². The second kappa shape index (κ2) is 11.3. The third-order valence-electron chi connectivity index (χ3n) is 5.40. The number of hydrogen-bond donors (Lipinski definition) is 1. The van der Waals surface area contributed by atoms with Crippen LogP contribution in [0.4, 0.5) is 13.2 Å². The molecule has 1 aromatic heterocycles. The zero-order valence-corrected chi connectivity index (χ0v) is 20.1. The van der Waals surface area contributed by atoms with Crippen LogP contribution in [0.25, 0.3) is 0 Å². The smallest absolute Gasteiger partial charge is 0.322 e. The average molecular weight is 500 g/mol. The second-order valence-corrected chi connectivity index (χ2v) is 8.63. The molecule has 0 spiro atoms. The van der Waals surface area contributed by atoms with E-state index in [1.54, 1.807) is 18.4 Å². The van der Waals surface area contributed by atoms with Gasteiger partial charge >= 0.3 is 6.18 Å². The number of aryl methyl sites for hydroxylation is 1. The van der Waals surface area contributed by atoms with Gasteiger partial charge in [-0.15, -0.1) is 11.6 Å². The summed E-state index contributed by atoms with van der Waals surface area (Å²) in [6, 6.07) is 9.91. The maximum Gasteiger partial charge on any atom is 0.433 e. The first-order chi connectivity index (χ1) is 16.6. The van der Waals surface area contributed by atoms with Crippen LogP contribution in [0.15, 0.2) is 89.7 Å². The number of alkyl halides is 4. The lowest BCUT2D eigenvalue weighted by atomic mass is 9.95. The third kappa shape index (κ3) is 6.79. The number of amides is 1. The van der Waals surface area contributed by atoms with Crippen LogP contribution in [0.3, 0.4) is 0 Å². The number of allylic oxidation sites excluding steroid dienone is 5.